The Kier molecular flexibility index (Phi) is 9.47. The Hall–Kier alpha value is -8.92. The van der Waals surface area contributed by atoms with Crippen molar-refractivity contribution in [2.24, 2.45) is 0 Å². The Labute approximate surface area is 414 Å². The van der Waals surface area contributed by atoms with E-state index < -0.39 is 10.8 Å². The largest absolute Gasteiger partial charge is 0.456 e. The Morgan fingerprint density at radius 2 is 0.775 bits per heavy atom. The van der Waals surface area contributed by atoms with Gasteiger partial charge in [0.2, 0.25) is 0 Å². The molecule has 0 N–H and O–H groups in total. The van der Waals surface area contributed by atoms with Crippen LogP contribution in [0, 0.1) is 0 Å². The van der Waals surface area contributed by atoms with E-state index in [1.54, 1.807) is 0 Å². The first-order valence-corrected chi connectivity index (χ1v) is 24.8. The van der Waals surface area contributed by atoms with Gasteiger partial charge < -0.3 is 14.2 Å². The SMILES string of the molecule is C1=CCCC(C2(c3ccccc3)c3ccccc3C3(c4cc(N(c5ccccc5)c5ccccc5)ccc4-c4ccc(N(c5ccccc5)c5ccc6oc7ccccc7c6c5)cc43)c3ccccc32)=C1. The molecular weight excluding hydrogens is 861 g/mol. The summed E-state index contributed by atoms with van der Waals surface area (Å²) in [6.07, 6.45) is 8.96. The predicted molar refractivity (Wildman–Crippen MR) is 293 cm³/mol. The minimum absolute atomic E-state index is 0.540. The molecule has 11 aromatic rings. The predicted octanol–water partition coefficient (Wildman–Crippen LogP) is 17.8. The minimum atomic E-state index is -0.723. The van der Waals surface area contributed by atoms with Crippen molar-refractivity contribution in [3.05, 3.63) is 311 Å². The summed E-state index contributed by atoms with van der Waals surface area (Å²) in [4.78, 5) is 4.83. The number of anilines is 6. The van der Waals surface area contributed by atoms with E-state index >= 15 is 0 Å². The maximum absolute atomic E-state index is 6.38. The number of para-hydroxylation sites is 4. The second-order valence-corrected chi connectivity index (χ2v) is 19.0. The summed E-state index contributed by atoms with van der Waals surface area (Å²) < 4.78 is 6.38. The first-order valence-electron chi connectivity index (χ1n) is 24.8. The van der Waals surface area contributed by atoms with Gasteiger partial charge in [-0.3, -0.25) is 0 Å². The zero-order chi connectivity index (χ0) is 46.9. The highest BCUT2D eigenvalue weighted by atomic mass is 16.3. The molecular formula is C68H48N2O. The molecule has 0 unspecified atom stereocenters. The monoisotopic (exact) mass is 908 g/mol. The third kappa shape index (κ3) is 6.09. The van der Waals surface area contributed by atoms with Gasteiger partial charge in [-0.15, -0.1) is 0 Å². The van der Waals surface area contributed by atoms with E-state index in [0.717, 1.165) is 68.9 Å². The third-order valence-electron chi connectivity index (χ3n) is 15.5. The first kappa shape index (κ1) is 41.1. The van der Waals surface area contributed by atoms with E-state index in [-0.39, 0.29) is 0 Å². The molecule has 0 fully saturated rings. The number of furan rings is 1. The summed E-state index contributed by atoms with van der Waals surface area (Å²) in [7, 11) is 0. The number of hydrogen-bond acceptors (Lipinski definition) is 3. The molecule has 3 aliphatic carbocycles. The quantitative estimate of drug-likeness (QED) is 0.151. The van der Waals surface area contributed by atoms with Crippen LogP contribution in [0.2, 0.25) is 0 Å². The van der Waals surface area contributed by atoms with Crippen LogP contribution >= 0.6 is 0 Å². The number of rotatable bonds is 8. The highest BCUT2D eigenvalue weighted by molar-refractivity contribution is 6.06. The standard InChI is InChI=1S/C68H48N2O/c1-6-22-47(23-7-1)67(48-24-8-2-9-25-48)59-33-17-19-35-61(59)68(62-36-20-18-34-60(62)67)63-45-53(69(49-26-10-3-11-27-49)50-28-12-4-13-29-50)38-41-55(63)56-42-39-54(46-64(56)68)70(51-30-14-5-15-31-51)52-40-43-66-58(44-52)57-32-16-21-37-65(57)71-66/h1-8,10-24,26-46H,9,25H2. The fourth-order valence-electron chi connectivity index (χ4n) is 12.6. The fraction of sp³-hybridized carbons (Fsp3) is 0.0588. The zero-order valence-electron chi connectivity index (χ0n) is 39.1. The Morgan fingerprint density at radius 1 is 0.338 bits per heavy atom. The molecule has 0 atom stereocenters. The van der Waals surface area contributed by atoms with Crippen molar-refractivity contribution in [3.63, 3.8) is 0 Å². The van der Waals surface area contributed by atoms with Gasteiger partial charge in [-0.05, 0) is 148 Å². The summed E-state index contributed by atoms with van der Waals surface area (Å²) in [6, 6.07) is 91.9. The van der Waals surface area contributed by atoms with Crippen molar-refractivity contribution in [2.75, 3.05) is 9.80 Å². The second kappa shape index (κ2) is 16.4. The molecule has 3 nitrogen and oxygen atoms in total. The van der Waals surface area contributed by atoms with Gasteiger partial charge in [-0.25, -0.2) is 0 Å². The highest BCUT2D eigenvalue weighted by Gasteiger charge is 2.57. The molecule has 0 bridgehead atoms. The second-order valence-electron chi connectivity index (χ2n) is 19.0. The van der Waals surface area contributed by atoms with Crippen molar-refractivity contribution >= 4 is 56.1 Å². The van der Waals surface area contributed by atoms with Gasteiger partial charge in [-0.1, -0.05) is 188 Å². The van der Waals surface area contributed by atoms with Crippen LogP contribution in [0.15, 0.2) is 277 Å². The first-order chi connectivity index (χ1) is 35.2. The van der Waals surface area contributed by atoms with Gasteiger partial charge in [0.1, 0.15) is 11.2 Å². The van der Waals surface area contributed by atoms with Crippen LogP contribution in [0.25, 0.3) is 33.1 Å². The van der Waals surface area contributed by atoms with Crippen molar-refractivity contribution < 1.29 is 4.42 Å². The van der Waals surface area contributed by atoms with Gasteiger partial charge in [-0.2, -0.15) is 0 Å². The van der Waals surface area contributed by atoms with Crippen LogP contribution in [0.4, 0.5) is 34.1 Å². The third-order valence-corrected chi connectivity index (χ3v) is 15.5. The lowest BCUT2D eigenvalue weighted by atomic mass is 9.50. The van der Waals surface area contributed by atoms with Gasteiger partial charge in [0, 0.05) is 44.9 Å². The smallest absolute Gasteiger partial charge is 0.135 e. The fourth-order valence-corrected chi connectivity index (χ4v) is 12.6. The summed E-state index contributed by atoms with van der Waals surface area (Å²) in [5.74, 6) is 0. The molecule has 0 aliphatic heterocycles. The summed E-state index contributed by atoms with van der Waals surface area (Å²) in [5, 5.41) is 2.20. The van der Waals surface area contributed by atoms with E-state index in [4.69, 9.17) is 4.42 Å². The van der Waals surface area contributed by atoms with E-state index in [0.29, 0.717) is 0 Å². The Morgan fingerprint density at radius 3 is 1.31 bits per heavy atom. The van der Waals surface area contributed by atoms with Crippen LogP contribution in [-0.2, 0) is 10.8 Å². The van der Waals surface area contributed by atoms with Gasteiger partial charge in [0.15, 0.2) is 0 Å². The van der Waals surface area contributed by atoms with E-state index in [2.05, 4.69) is 271 Å². The van der Waals surface area contributed by atoms with Crippen LogP contribution < -0.4 is 9.80 Å². The van der Waals surface area contributed by atoms with Crippen molar-refractivity contribution in [1.82, 2.24) is 0 Å². The van der Waals surface area contributed by atoms with Crippen molar-refractivity contribution in [2.45, 2.75) is 23.7 Å². The molecule has 3 heteroatoms. The van der Waals surface area contributed by atoms with Crippen LogP contribution in [-0.4, -0.2) is 0 Å². The molecule has 10 aromatic carbocycles. The summed E-state index contributed by atoms with van der Waals surface area (Å²) in [5.41, 5.74) is 20.0. The lowest BCUT2D eigenvalue weighted by Gasteiger charge is -2.51. The lowest BCUT2D eigenvalue weighted by molar-refractivity contribution is 0.595. The summed E-state index contributed by atoms with van der Waals surface area (Å²) >= 11 is 0. The van der Waals surface area contributed by atoms with E-state index in [1.165, 1.54) is 55.6 Å². The molecule has 0 amide bonds. The maximum atomic E-state index is 6.38. The average molecular weight is 909 g/mol. The van der Waals surface area contributed by atoms with Crippen LogP contribution in [0.3, 0.4) is 0 Å². The highest BCUT2D eigenvalue weighted by Crippen LogP contribution is 2.66. The zero-order valence-corrected chi connectivity index (χ0v) is 39.1. The number of hydrogen-bond donors (Lipinski definition) is 0. The molecule has 0 radical (unpaired) electrons. The molecule has 336 valence electrons. The number of nitrogens with zero attached hydrogens (tertiary/aromatic N) is 2. The van der Waals surface area contributed by atoms with E-state index in [1.807, 2.05) is 6.07 Å². The molecule has 0 saturated heterocycles. The number of benzene rings is 10. The molecule has 14 rings (SSSR count). The molecule has 71 heavy (non-hydrogen) atoms. The molecule has 1 heterocycles. The minimum Gasteiger partial charge on any atom is -0.456 e. The molecule has 3 aliphatic rings. The molecule has 1 aromatic heterocycles. The van der Waals surface area contributed by atoms with Gasteiger partial charge >= 0.3 is 0 Å². The van der Waals surface area contributed by atoms with E-state index in [9.17, 15) is 0 Å². The van der Waals surface area contributed by atoms with Gasteiger partial charge in [0.25, 0.3) is 0 Å². The van der Waals surface area contributed by atoms with Gasteiger partial charge in [0.05, 0.1) is 10.8 Å². The normalized spacial score (nSPS) is 17.3. The topological polar surface area (TPSA) is 19.6 Å². The summed E-state index contributed by atoms with van der Waals surface area (Å²) in [6.45, 7) is 0. The molecule has 1 spiro atoms. The Balaban J connectivity index is 1.09. The van der Waals surface area contributed by atoms with Crippen molar-refractivity contribution in [3.8, 4) is 11.1 Å². The van der Waals surface area contributed by atoms with Crippen molar-refractivity contribution in [1.29, 1.82) is 0 Å². The van der Waals surface area contributed by atoms with Crippen LogP contribution in [0.5, 0.6) is 0 Å². The number of allylic oxidation sites excluding steroid dienone is 4. The number of fused-ring (bicyclic) bond motifs is 12. The average Bonchev–Trinajstić information content (AvgIpc) is 3.96. The van der Waals surface area contributed by atoms with Crippen LogP contribution in [0.1, 0.15) is 51.8 Å². The lowest BCUT2D eigenvalue weighted by Crippen LogP contribution is -2.45. The Bertz CT molecular complexity index is 3800. The molecule has 0 saturated carbocycles. The maximum Gasteiger partial charge on any atom is 0.135 e.